The highest BCUT2D eigenvalue weighted by atomic mass is 79.9. The van der Waals surface area contributed by atoms with Crippen molar-refractivity contribution in [2.75, 3.05) is 0 Å². The molecule has 3 aromatic heterocycles. The number of nitrogens with zero attached hydrogens (tertiary/aromatic N) is 3. The molecular formula is C16H14BrN3OS2. The molecule has 0 spiro atoms. The van der Waals surface area contributed by atoms with Crippen LogP contribution in [0.25, 0.3) is 10.6 Å². The molecule has 0 atom stereocenters. The van der Waals surface area contributed by atoms with E-state index in [1.165, 1.54) is 12.8 Å². The van der Waals surface area contributed by atoms with Crippen molar-refractivity contribution >= 4 is 44.8 Å². The maximum Gasteiger partial charge on any atom is 0.206 e. The second-order valence-electron chi connectivity index (χ2n) is 5.37. The summed E-state index contributed by atoms with van der Waals surface area (Å²) >= 11 is 6.85. The quantitative estimate of drug-likeness (QED) is 0.567. The number of furan rings is 1. The smallest absolute Gasteiger partial charge is 0.206 e. The number of hydrogen-bond donors (Lipinski definition) is 0. The lowest BCUT2D eigenvalue weighted by Gasteiger charge is -2.00. The molecule has 118 valence electrons. The van der Waals surface area contributed by atoms with Gasteiger partial charge in [-0.25, -0.2) is 4.68 Å². The fraction of sp³-hybridized carbons (Fsp3) is 0.250. The summed E-state index contributed by atoms with van der Waals surface area (Å²) < 4.78 is 8.59. The van der Waals surface area contributed by atoms with Gasteiger partial charge in [0.1, 0.15) is 11.5 Å². The molecule has 4 rings (SSSR count). The van der Waals surface area contributed by atoms with E-state index >= 15 is 0 Å². The molecule has 0 bridgehead atoms. The third kappa shape index (κ3) is 3.41. The van der Waals surface area contributed by atoms with Crippen LogP contribution in [-0.4, -0.2) is 16.9 Å². The summed E-state index contributed by atoms with van der Waals surface area (Å²) in [5.41, 5.74) is 1.06. The zero-order valence-corrected chi connectivity index (χ0v) is 15.6. The molecule has 1 saturated carbocycles. The van der Waals surface area contributed by atoms with Crippen LogP contribution in [0, 0.1) is 6.92 Å². The highest BCUT2D eigenvalue weighted by Gasteiger charge is 2.21. The van der Waals surface area contributed by atoms with Gasteiger partial charge in [-0.1, -0.05) is 0 Å². The Labute approximate surface area is 149 Å². The average molecular weight is 408 g/mol. The first kappa shape index (κ1) is 15.1. The van der Waals surface area contributed by atoms with Gasteiger partial charge in [-0.2, -0.15) is 5.10 Å². The predicted molar refractivity (Wildman–Crippen MR) is 98.3 cm³/mol. The van der Waals surface area contributed by atoms with Crippen LogP contribution in [0.4, 0.5) is 0 Å². The number of aryl methyl sites for hydroxylation is 1. The molecule has 23 heavy (non-hydrogen) atoms. The molecule has 1 fully saturated rings. The molecule has 0 unspecified atom stereocenters. The Hall–Kier alpha value is -1.44. The molecule has 1 aliphatic carbocycles. The van der Waals surface area contributed by atoms with E-state index in [9.17, 15) is 0 Å². The summed E-state index contributed by atoms with van der Waals surface area (Å²) in [6.07, 6.45) is 4.11. The number of thiophene rings is 1. The van der Waals surface area contributed by atoms with Gasteiger partial charge in [-0.15, -0.1) is 22.7 Å². The first-order valence-corrected chi connectivity index (χ1v) is 9.79. The van der Waals surface area contributed by atoms with Crippen molar-refractivity contribution in [3.63, 3.8) is 0 Å². The minimum Gasteiger partial charge on any atom is -0.460 e. The number of halogens is 1. The fourth-order valence-corrected chi connectivity index (χ4v) is 4.48. The molecule has 0 aliphatic heterocycles. The normalized spacial score (nSPS) is 15.8. The Balaban J connectivity index is 1.78. The van der Waals surface area contributed by atoms with E-state index in [-0.39, 0.29) is 0 Å². The lowest BCUT2D eigenvalue weighted by atomic mass is 10.4. The third-order valence-electron chi connectivity index (χ3n) is 3.41. The molecule has 0 N–H and O–H groups in total. The summed E-state index contributed by atoms with van der Waals surface area (Å²) in [6, 6.07) is 8.47. The van der Waals surface area contributed by atoms with E-state index in [0.717, 1.165) is 30.7 Å². The molecule has 0 saturated heterocycles. The number of hydrogen-bond acceptors (Lipinski definition) is 5. The van der Waals surface area contributed by atoms with E-state index in [1.807, 2.05) is 23.7 Å². The molecule has 4 nitrogen and oxygen atoms in total. The van der Waals surface area contributed by atoms with Crippen LogP contribution >= 0.6 is 38.6 Å². The first-order valence-electron chi connectivity index (χ1n) is 7.30. The molecule has 0 amide bonds. The standard InChI is InChI=1S/C16H14BrN3OS2/c1-10-2-5-12(21-10)8-18-20-13(14-6-7-15(17)23-14)9-22-16(20)19-11-3-4-11/h2,5-9,11H,3-4H2,1H3/b18-8+,19-16?. The van der Waals surface area contributed by atoms with Crippen molar-refractivity contribution in [1.29, 1.82) is 0 Å². The van der Waals surface area contributed by atoms with Gasteiger partial charge in [0, 0.05) is 5.38 Å². The van der Waals surface area contributed by atoms with Crippen molar-refractivity contribution in [2.45, 2.75) is 25.8 Å². The maximum atomic E-state index is 5.57. The van der Waals surface area contributed by atoms with Gasteiger partial charge in [-0.05, 0) is 60.0 Å². The topological polar surface area (TPSA) is 42.8 Å². The Kier molecular flexibility index (Phi) is 4.09. The van der Waals surface area contributed by atoms with Gasteiger partial charge < -0.3 is 4.42 Å². The van der Waals surface area contributed by atoms with Gasteiger partial charge >= 0.3 is 0 Å². The van der Waals surface area contributed by atoms with Crippen molar-refractivity contribution in [3.05, 3.63) is 49.8 Å². The summed E-state index contributed by atoms with van der Waals surface area (Å²) in [5.74, 6) is 1.63. The van der Waals surface area contributed by atoms with Gasteiger partial charge in [0.2, 0.25) is 4.80 Å². The Morgan fingerprint density at radius 2 is 2.17 bits per heavy atom. The molecule has 0 radical (unpaired) electrons. The van der Waals surface area contributed by atoms with E-state index in [2.05, 4.69) is 38.5 Å². The summed E-state index contributed by atoms with van der Waals surface area (Å²) in [5, 5.41) is 6.74. The van der Waals surface area contributed by atoms with Crippen molar-refractivity contribution in [1.82, 2.24) is 4.68 Å². The minimum atomic E-state index is 0.462. The lowest BCUT2D eigenvalue weighted by molar-refractivity contribution is 0.527. The van der Waals surface area contributed by atoms with Crippen LogP contribution in [0.2, 0.25) is 0 Å². The van der Waals surface area contributed by atoms with Crippen LogP contribution in [0.15, 0.2) is 47.9 Å². The predicted octanol–water partition coefficient (Wildman–Crippen LogP) is 4.89. The van der Waals surface area contributed by atoms with E-state index < -0.39 is 0 Å². The van der Waals surface area contributed by atoms with Gasteiger partial charge in [0.05, 0.1) is 26.6 Å². The highest BCUT2D eigenvalue weighted by molar-refractivity contribution is 9.11. The van der Waals surface area contributed by atoms with Crippen molar-refractivity contribution in [3.8, 4) is 10.6 Å². The Morgan fingerprint density at radius 1 is 1.30 bits per heavy atom. The fourth-order valence-electron chi connectivity index (χ4n) is 2.12. The van der Waals surface area contributed by atoms with E-state index in [4.69, 9.17) is 9.41 Å². The summed E-state index contributed by atoms with van der Waals surface area (Å²) in [6.45, 7) is 1.93. The molecule has 3 aromatic rings. The lowest BCUT2D eigenvalue weighted by Crippen LogP contribution is -2.12. The van der Waals surface area contributed by atoms with Crippen LogP contribution < -0.4 is 4.80 Å². The third-order valence-corrected chi connectivity index (χ3v) is 5.89. The van der Waals surface area contributed by atoms with Crippen LogP contribution in [0.5, 0.6) is 0 Å². The van der Waals surface area contributed by atoms with Crippen molar-refractivity contribution < 1.29 is 4.42 Å². The Morgan fingerprint density at radius 3 is 2.83 bits per heavy atom. The summed E-state index contributed by atoms with van der Waals surface area (Å²) in [4.78, 5) is 6.87. The zero-order chi connectivity index (χ0) is 15.8. The van der Waals surface area contributed by atoms with Crippen LogP contribution in [0.3, 0.4) is 0 Å². The summed E-state index contributed by atoms with van der Waals surface area (Å²) in [7, 11) is 0. The molecule has 0 aromatic carbocycles. The van der Waals surface area contributed by atoms with Crippen LogP contribution in [-0.2, 0) is 0 Å². The SMILES string of the molecule is Cc1ccc(/C=N/n2c(-c3ccc(Br)s3)csc2=NC2CC2)o1. The van der Waals surface area contributed by atoms with E-state index in [0.29, 0.717) is 6.04 Å². The van der Waals surface area contributed by atoms with Gasteiger partial charge in [0.15, 0.2) is 0 Å². The maximum absolute atomic E-state index is 5.57. The number of thiazole rings is 1. The number of rotatable bonds is 4. The average Bonchev–Trinajstić information content (AvgIpc) is 2.90. The second-order valence-corrected chi connectivity index (χ2v) is 8.67. The largest absolute Gasteiger partial charge is 0.460 e. The second kappa shape index (κ2) is 6.22. The van der Waals surface area contributed by atoms with Crippen LogP contribution in [0.1, 0.15) is 24.4 Å². The molecular weight excluding hydrogens is 394 g/mol. The molecule has 7 heteroatoms. The van der Waals surface area contributed by atoms with Gasteiger partial charge in [0.25, 0.3) is 0 Å². The van der Waals surface area contributed by atoms with E-state index in [1.54, 1.807) is 28.9 Å². The molecule has 3 heterocycles. The number of aromatic nitrogens is 1. The molecule has 1 aliphatic rings. The monoisotopic (exact) mass is 407 g/mol. The first-order chi connectivity index (χ1) is 11.2. The Bertz CT molecular complexity index is 927. The van der Waals surface area contributed by atoms with Crippen molar-refractivity contribution in [2.24, 2.45) is 10.1 Å². The zero-order valence-electron chi connectivity index (χ0n) is 12.4. The minimum absolute atomic E-state index is 0.462. The van der Waals surface area contributed by atoms with Gasteiger partial charge in [-0.3, -0.25) is 4.99 Å². The highest BCUT2D eigenvalue weighted by Crippen LogP contribution is 2.32.